The minimum Gasteiger partial charge on any atom is -0.508 e. The zero-order chi connectivity index (χ0) is 15.1. The molecule has 2 aromatic rings. The minimum atomic E-state index is -0.142. The van der Waals surface area contributed by atoms with Gasteiger partial charge in [0.15, 0.2) is 5.11 Å². The van der Waals surface area contributed by atoms with Crippen molar-refractivity contribution in [1.82, 2.24) is 5.32 Å². The number of rotatable bonds is 4. The standard InChI is InChI=1S/C16H16N2O2S/c19-14-8-4-7-13(11-14)17-16(21)18-15(20)10-9-12-5-2-1-3-6-12/h1-8,11,19H,9-10H2,(H2,17,18,20,21). The number of carbonyl (C=O) groups is 1. The predicted octanol–water partition coefficient (Wildman–Crippen LogP) is 2.84. The second kappa shape index (κ2) is 7.40. The number of nitrogens with one attached hydrogen (secondary N) is 2. The molecule has 0 aliphatic rings. The fraction of sp³-hybridized carbons (Fsp3) is 0.125. The van der Waals surface area contributed by atoms with Crippen molar-refractivity contribution in [2.75, 3.05) is 5.32 Å². The monoisotopic (exact) mass is 300 g/mol. The van der Waals surface area contributed by atoms with Gasteiger partial charge in [-0.25, -0.2) is 0 Å². The molecule has 0 aliphatic heterocycles. The van der Waals surface area contributed by atoms with Gasteiger partial charge in [0.25, 0.3) is 0 Å². The van der Waals surface area contributed by atoms with E-state index in [1.54, 1.807) is 18.2 Å². The van der Waals surface area contributed by atoms with Gasteiger partial charge < -0.3 is 15.7 Å². The maximum Gasteiger partial charge on any atom is 0.226 e. The number of thiocarbonyl (C=S) groups is 1. The number of benzene rings is 2. The van der Waals surface area contributed by atoms with E-state index < -0.39 is 0 Å². The lowest BCUT2D eigenvalue weighted by Crippen LogP contribution is -2.34. The van der Waals surface area contributed by atoms with E-state index >= 15 is 0 Å². The lowest BCUT2D eigenvalue weighted by molar-refractivity contribution is -0.119. The molecule has 0 radical (unpaired) electrons. The van der Waals surface area contributed by atoms with Gasteiger partial charge in [0.1, 0.15) is 5.75 Å². The Morgan fingerprint density at radius 3 is 2.57 bits per heavy atom. The van der Waals surface area contributed by atoms with Crippen LogP contribution in [0.25, 0.3) is 0 Å². The number of hydrogen-bond acceptors (Lipinski definition) is 3. The van der Waals surface area contributed by atoms with Crippen molar-refractivity contribution in [3.63, 3.8) is 0 Å². The normalized spacial score (nSPS) is 9.90. The molecule has 4 nitrogen and oxygen atoms in total. The van der Waals surface area contributed by atoms with Gasteiger partial charge in [-0.15, -0.1) is 0 Å². The number of phenols is 1. The van der Waals surface area contributed by atoms with Crippen molar-refractivity contribution in [2.24, 2.45) is 0 Å². The first-order valence-corrected chi connectivity index (χ1v) is 6.98. The highest BCUT2D eigenvalue weighted by Gasteiger charge is 2.05. The van der Waals surface area contributed by atoms with E-state index in [9.17, 15) is 9.90 Å². The van der Waals surface area contributed by atoms with Gasteiger partial charge in [-0.3, -0.25) is 4.79 Å². The summed E-state index contributed by atoms with van der Waals surface area (Å²) in [5.74, 6) is -0.00490. The zero-order valence-corrected chi connectivity index (χ0v) is 12.2. The van der Waals surface area contributed by atoms with Crippen LogP contribution in [0.4, 0.5) is 5.69 Å². The average Bonchev–Trinajstić information content (AvgIpc) is 2.46. The fourth-order valence-corrected chi connectivity index (χ4v) is 2.07. The molecule has 0 bridgehead atoms. The number of anilines is 1. The number of phenolic OH excluding ortho intramolecular Hbond substituents is 1. The van der Waals surface area contributed by atoms with Gasteiger partial charge in [-0.2, -0.15) is 0 Å². The molecule has 2 rings (SSSR count). The highest BCUT2D eigenvalue weighted by atomic mass is 32.1. The summed E-state index contributed by atoms with van der Waals surface area (Å²) in [6.45, 7) is 0. The number of aromatic hydroxyl groups is 1. The Kier molecular flexibility index (Phi) is 5.29. The first kappa shape index (κ1) is 15.0. The summed E-state index contributed by atoms with van der Waals surface area (Å²) in [5, 5.41) is 15.0. The molecule has 108 valence electrons. The summed E-state index contributed by atoms with van der Waals surface area (Å²) in [6, 6.07) is 16.3. The van der Waals surface area contributed by atoms with Crippen molar-refractivity contribution in [1.29, 1.82) is 0 Å². The highest BCUT2D eigenvalue weighted by Crippen LogP contribution is 2.15. The summed E-state index contributed by atoms with van der Waals surface area (Å²) in [7, 11) is 0. The van der Waals surface area contributed by atoms with Crippen molar-refractivity contribution in [3.05, 3.63) is 60.2 Å². The lowest BCUT2D eigenvalue weighted by Gasteiger charge is -2.09. The van der Waals surface area contributed by atoms with E-state index in [2.05, 4.69) is 10.6 Å². The van der Waals surface area contributed by atoms with Crippen LogP contribution in [-0.2, 0) is 11.2 Å². The summed E-state index contributed by atoms with van der Waals surface area (Å²) >= 11 is 5.06. The fourth-order valence-electron chi connectivity index (χ4n) is 1.84. The van der Waals surface area contributed by atoms with Crippen molar-refractivity contribution in [2.45, 2.75) is 12.8 Å². The third-order valence-corrected chi connectivity index (χ3v) is 3.04. The number of hydrogen-bond donors (Lipinski definition) is 3. The summed E-state index contributed by atoms with van der Waals surface area (Å²) < 4.78 is 0. The summed E-state index contributed by atoms with van der Waals surface area (Å²) in [5.41, 5.74) is 1.74. The summed E-state index contributed by atoms with van der Waals surface area (Å²) in [4.78, 5) is 11.8. The quantitative estimate of drug-likeness (QED) is 0.760. The van der Waals surface area contributed by atoms with Gasteiger partial charge in [-0.05, 0) is 36.3 Å². The van der Waals surface area contributed by atoms with E-state index in [-0.39, 0.29) is 16.8 Å². The Bertz CT molecular complexity index is 629. The SMILES string of the molecule is O=C(CCc1ccccc1)NC(=S)Nc1cccc(O)c1. The van der Waals surface area contributed by atoms with Gasteiger partial charge in [-0.1, -0.05) is 36.4 Å². The van der Waals surface area contributed by atoms with Crippen molar-refractivity contribution < 1.29 is 9.90 Å². The van der Waals surface area contributed by atoms with Crippen LogP contribution in [0, 0.1) is 0 Å². The smallest absolute Gasteiger partial charge is 0.226 e. The second-order valence-corrected chi connectivity index (χ2v) is 4.95. The lowest BCUT2D eigenvalue weighted by atomic mass is 10.1. The first-order valence-electron chi connectivity index (χ1n) is 6.57. The van der Waals surface area contributed by atoms with Crippen molar-refractivity contribution >= 4 is 28.9 Å². The van der Waals surface area contributed by atoms with E-state index in [1.165, 1.54) is 6.07 Å². The molecule has 3 N–H and O–H groups in total. The Labute approximate surface area is 128 Å². The number of aryl methyl sites for hydroxylation is 1. The van der Waals surface area contributed by atoms with E-state index in [1.807, 2.05) is 30.3 Å². The van der Waals surface area contributed by atoms with Crippen LogP contribution in [0.15, 0.2) is 54.6 Å². The van der Waals surface area contributed by atoms with E-state index in [0.717, 1.165) is 5.56 Å². The zero-order valence-electron chi connectivity index (χ0n) is 11.4. The van der Waals surface area contributed by atoms with Crippen LogP contribution >= 0.6 is 12.2 Å². The Morgan fingerprint density at radius 1 is 1.10 bits per heavy atom. The van der Waals surface area contributed by atoms with Gasteiger partial charge in [0, 0.05) is 18.2 Å². The van der Waals surface area contributed by atoms with Crippen LogP contribution in [0.5, 0.6) is 5.75 Å². The third-order valence-electron chi connectivity index (χ3n) is 2.84. The molecule has 0 spiro atoms. The molecular weight excluding hydrogens is 284 g/mol. The largest absolute Gasteiger partial charge is 0.508 e. The molecule has 0 aromatic heterocycles. The number of carbonyl (C=O) groups excluding carboxylic acids is 1. The van der Waals surface area contributed by atoms with Crippen LogP contribution in [0.1, 0.15) is 12.0 Å². The maximum absolute atomic E-state index is 11.8. The molecule has 21 heavy (non-hydrogen) atoms. The molecule has 0 saturated heterocycles. The number of amides is 1. The molecule has 0 atom stereocenters. The third kappa shape index (κ3) is 5.24. The first-order chi connectivity index (χ1) is 10.1. The molecule has 5 heteroatoms. The van der Waals surface area contributed by atoms with Gasteiger partial charge >= 0.3 is 0 Å². The molecule has 0 unspecified atom stereocenters. The maximum atomic E-state index is 11.8. The van der Waals surface area contributed by atoms with Crippen LogP contribution in [0.3, 0.4) is 0 Å². The van der Waals surface area contributed by atoms with Crippen LogP contribution in [-0.4, -0.2) is 16.1 Å². The average molecular weight is 300 g/mol. The molecule has 0 heterocycles. The van der Waals surface area contributed by atoms with E-state index in [4.69, 9.17) is 12.2 Å². The topological polar surface area (TPSA) is 61.4 Å². The molecule has 1 amide bonds. The van der Waals surface area contributed by atoms with Crippen molar-refractivity contribution in [3.8, 4) is 5.75 Å². The Morgan fingerprint density at radius 2 is 1.86 bits per heavy atom. The molecule has 0 aliphatic carbocycles. The van der Waals surface area contributed by atoms with Crippen LogP contribution < -0.4 is 10.6 Å². The van der Waals surface area contributed by atoms with E-state index in [0.29, 0.717) is 18.5 Å². The Hall–Kier alpha value is -2.40. The van der Waals surface area contributed by atoms with Crippen LogP contribution in [0.2, 0.25) is 0 Å². The molecule has 0 saturated carbocycles. The summed E-state index contributed by atoms with van der Waals surface area (Å²) in [6.07, 6.45) is 1.04. The minimum absolute atomic E-state index is 0.137. The Balaban J connectivity index is 1.78. The second-order valence-electron chi connectivity index (χ2n) is 4.54. The van der Waals surface area contributed by atoms with Gasteiger partial charge in [0.2, 0.25) is 5.91 Å². The predicted molar refractivity (Wildman–Crippen MR) is 87.2 cm³/mol. The molecule has 2 aromatic carbocycles. The van der Waals surface area contributed by atoms with Gasteiger partial charge in [0.05, 0.1) is 0 Å². The molecular formula is C16H16N2O2S. The highest BCUT2D eigenvalue weighted by molar-refractivity contribution is 7.80. The molecule has 0 fully saturated rings.